The monoisotopic (exact) mass is 581 g/mol. The molecule has 2 aromatic rings. The molecule has 2 heterocycles. The van der Waals surface area contributed by atoms with Crippen LogP contribution in [0.4, 0.5) is 19.7 Å². The topological polar surface area (TPSA) is 124 Å². The summed E-state index contributed by atoms with van der Waals surface area (Å²) < 4.78 is 28.1. The number of anilines is 1. The van der Waals surface area contributed by atoms with Crippen molar-refractivity contribution in [2.75, 3.05) is 30.0 Å². The van der Waals surface area contributed by atoms with Crippen molar-refractivity contribution >= 4 is 40.4 Å². The Morgan fingerprint density at radius 1 is 1.05 bits per heavy atom. The first kappa shape index (κ1) is 29.7. The van der Waals surface area contributed by atoms with E-state index < -0.39 is 40.5 Å². The molecule has 2 aliphatic rings. The Morgan fingerprint density at radius 3 is 2.23 bits per heavy atom. The molecule has 2 N–H and O–H groups in total. The molecule has 2 fully saturated rings. The van der Waals surface area contributed by atoms with E-state index >= 15 is 4.39 Å². The summed E-state index contributed by atoms with van der Waals surface area (Å²) in [6.07, 6.45) is -0.185. The van der Waals surface area contributed by atoms with Gasteiger partial charge in [0, 0.05) is 25.7 Å². The average molecular weight is 582 g/mol. The Kier molecular flexibility index (Phi) is 7.87. The normalized spacial score (nSPS) is 19.6. The number of alkyl carbamates (subject to hydrolysis) is 1. The van der Waals surface area contributed by atoms with E-state index in [0.717, 1.165) is 6.07 Å². The van der Waals surface area contributed by atoms with Gasteiger partial charge in [0.05, 0.1) is 21.6 Å². The highest BCUT2D eigenvalue weighted by molar-refractivity contribution is 6.38. The fourth-order valence-corrected chi connectivity index (χ4v) is 5.27. The number of nitrogens with one attached hydrogen (secondary N) is 2. The van der Waals surface area contributed by atoms with Crippen molar-refractivity contribution in [1.29, 1.82) is 0 Å². The van der Waals surface area contributed by atoms with Crippen LogP contribution in [-0.4, -0.2) is 52.3 Å². The highest BCUT2D eigenvalue weighted by Crippen LogP contribution is 2.42. The van der Waals surface area contributed by atoms with E-state index in [-0.39, 0.29) is 39.5 Å². The molecular formula is C27H37ClFN5O6. The lowest BCUT2D eigenvalue weighted by molar-refractivity contribution is 0.0516. The molecule has 1 aliphatic heterocycles. The predicted octanol–water partition coefficient (Wildman–Crippen LogP) is 4.37. The van der Waals surface area contributed by atoms with Crippen LogP contribution >= 0.6 is 11.6 Å². The molecule has 1 saturated carbocycles. The summed E-state index contributed by atoms with van der Waals surface area (Å²) in [7, 11) is 0. The molecule has 1 aromatic heterocycles. The lowest BCUT2D eigenvalue weighted by Crippen LogP contribution is -2.48. The lowest BCUT2D eigenvalue weighted by atomic mass is 9.98. The number of nitrogens with zero attached hydrogens (tertiary/aromatic N) is 3. The summed E-state index contributed by atoms with van der Waals surface area (Å²) in [4.78, 5) is 53.0. The SMILES string of the molecule is C[C@H]1CN(c2c(F)cc3c(=O)n(NC(=O)OC(C)(C)C)c(=O)n(C4CC4)c3c2Cl)C[C@@H]1CNC(=O)OC(C)(C)C. The lowest BCUT2D eigenvalue weighted by Gasteiger charge is -2.24. The third-order valence-electron chi connectivity index (χ3n) is 6.75. The van der Waals surface area contributed by atoms with Crippen molar-refractivity contribution < 1.29 is 23.5 Å². The summed E-state index contributed by atoms with van der Waals surface area (Å²) in [6.45, 7) is 13.4. The van der Waals surface area contributed by atoms with Gasteiger partial charge in [0.1, 0.15) is 17.0 Å². The number of halogens is 2. The number of benzene rings is 1. The second kappa shape index (κ2) is 10.6. The number of amides is 2. The molecule has 40 heavy (non-hydrogen) atoms. The zero-order valence-corrected chi connectivity index (χ0v) is 24.6. The Bertz CT molecular complexity index is 1450. The van der Waals surface area contributed by atoms with E-state index in [1.165, 1.54) is 4.57 Å². The number of hydrogen-bond donors (Lipinski definition) is 2. The van der Waals surface area contributed by atoms with Gasteiger partial charge < -0.3 is 19.7 Å². The van der Waals surface area contributed by atoms with E-state index in [4.69, 9.17) is 21.1 Å². The molecule has 220 valence electrons. The highest BCUT2D eigenvalue weighted by atomic mass is 35.5. The summed E-state index contributed by atoms with van der Waals surface area (Å²) in [5.41, 5.74) is -0.784. The van der Waals surface area contributed by atoms with Gasteiger partial charge in [-0.05, 0) is 72.3 Å². The standard InChI is InChI=1S/C27H37ClFN5O6/c1-14-12-32(13-15(14)11-30-23(36)39-26(2,3)4)21-18(29)10-17-20(19(21)28)33(16-8-9-16)25(38)34(22(17)35)31-24(37)40-27(5,6)7/h10,14-16H,8-9,11-13H2,1-7H3,(H,30,36)(H,31,37)/t14-,15-/m0/s1. The molecule has 0 radical (unpaired) electrons. The van der Waals surface area contributed by atoms with Crippen LogP contribution < -0.4 is 26.9 Å². The smallest absolute Gasteiger partial charge is 0.427 e. The number of ether oxygens (including phenoxy) is 2. The van der Waals surface area contributed by atoms with Gasteiger partial charge in [-0.15, -0.1) is 0 Å². The van der Waals surface area contributed by atoms with E-state index in [0.29, 0.717) is 37.2 Å². The van der Waals surface area contributed by atoms with E-state index in [1.807, 2.05) is 6.92 Å². The Balaban J connectivity index is 1.69. The van der Waals surface area contributed by atoms with E-state index in [9.17, 15) is 19.2 Å². The number of fused-ring (bicyclic) bond motifs is 1. The molecule has 11 nitrogen and oxygen atoms in total. The van der Waals surface area contributed by atoms with Crippen LogP contribution in [0.5, 0.6) is 0 Å². The second-order valence-corrected chi connectivity index (χ2v) is 13.0. The van der Waals surface area contributed by atoms with Crippen molar-refractivity contribution in [3.05, 3.63) is 37.7 Å². The van der Waals surface area contributed by atoms with Crippen LogP contribution in [0.2, 0.25) is 5.02 Å². The molecule has 0 spiro atoms. The average Bonchev–Trinajstić information content (AvgIpc) is 3.56. The minimum absolute atomic E-state index is 0.0182. The molecular weight excluding hydrogens is 545 g/mol. The van der Waals surface area contributed by atoms with E-state index in [1.54, 1.807) is 46.4 Å². The van der Waals surface area contributed by atoms with E-state index in [2.05, 4.69) is 10.7 Å². The Labute approximate surface area is 236 Å². The fraction of sp³-hybridized carbons (Fsp3) is 0.630. The fourth-order valence-electron chi connectivity index (χ4n) is 4.87. The van der Waals surface area contributed by atoms with Gasteiger partial charge in [0.15, 0.2) is 0 Å². The number of rotatable bonds is 5. The van der Waals surface area contributed by atoms with Crippen LogP contribution in [0.25, 0.3) is 10.9 Å². The zero-order valence-electron chi connectivity index (χ0n) is 23.9. The van der Waals surface area contributed by atoms with Gasteiger partial charge in [-0.3, -0.25) is 9.36 Å². The van der Waals surface area contributed by atoms with Gasteiger partial charge in [0.25, 0.3) is 5.56 Å². The summed E-state index contributed by atoms with van der Waals surface area (Å²) in [5, 5.41) is 2.59. The van der Waals surface area contributed by atoms with Crippen LogP contribution in [0.15, 0.2) is 15.7 Å². The largest absolute Gasteiger partial charge is 0.444 e. The van der Waals surface area contributed by atoms with Crippen LogP contribution in [0.3, 0.4) is 0 Å². The maximum absolute atomic E-state index is 15.7. The van der Waals surface area contributed by atoms with Crippen molar-refractivity contribution in [3.63, 3.8) is 0 Å². The number of hydrogen-bond acceptors (Lipinski definition) is 7. The van der Waals surface area contributed by atoms with Crippen LogP contribution in [0, 0.1) is 17.7 Å². The summed E-state index contributed by atoms with van der Waals surface area (Å²) in [6, 6.07) is 0.808. The maximum Gasteiger partial charge on any atom is 0.427 e. The first-order valence-electron chi connectivity index (χ1n) is 13.4. The molecule has 1 saturated heterocycles. The van der Waals surface area contributed by atoms with Crippen molar-refractivity contribution in [2.24, 2.45) is 11.8 Å². The molecule has 13 heteroatoms. The molecule has 1 aromatic carbocycles. The van der Waals surface area contributed by atoms with Gasteiger partial charge in [-0.1, -0.05) is 18.5 Å². The number of carbonyl (C=O) groups excluding carboxylic acids is 2. The zero-order chi connectivity index (χ0) is 29.7. The molecule has 2 atom stereocenters. The maximum atomic E-state index is 15.7. The van der Waals surface area contributed by atoms with Crippen molar-refractivity contribution in [3.8, 4) is 0 Å². The van der Waals surface area contributed by atoms with Gasteiger partial charge >= 0.3 is 17.9 Å². The number of aromatic nitrogens is 2. The van der Waals surface area contributed by atoms with Crippen molar-refractivity contribution in [2.45, 2.75) is 78.6 Å². The molecule has 4 rings (SSSR count). The quantitative estimate of drug-likeness (QED) is 0.537. The second-order valence-electron chi connectivity index (χ2n) is 12.6. The molecule has 2 amide bonds. The van der Waals surface area contributed by atoms with Crippen LogP contribution in [0.1, 0.15) is 67.3 Å². The van der Waals surface area contributed by atoms with Crippen molar-refractivity contribution in [1.82, 2.24) is 14.6 Å². The van der Waals surface area contributed by atoms with Crippen LogP contribution in [-0.2, 0) is 9.47 Å². The van der Waals surface area contributed by atoms with Gasteiger partial charge in [0.2, 0.25) is 0 Å². The van der Waals surface area contributed by atoms with Gasteiger partial charge in [-0.25, -0.2) is 24.2 Å². The number of carbonyl (C=O) groups is 2. The third-order valence-corrected chi connectivity index (χ3v) is 7.10. The minimum atomic E-state index is -0.992. The third kappa shape index (κ3) is 6.37. The molecule has 0 bridgehead atoms. The predicted molar refractivity (Wildman–Crippen MR) is 150 cm³/mol. The Hall–Kier alpha value is -3.28. The van der Waals surface area contributed by atoms with Gasteiger partial charge in [-0.2, -0.15) is 4.68 Å². The Morgan fingerprint density at radius 2 is 1.65 bits per heavy atom. The molecule has 0 unspecified atom stereocenters. The first-order chi connectivity index (χ1) is 18.5. The summed E-state index contributed by atoms with van der Waals surface area (Å²) in [5.74, 6) is -0.666. The molecule has 1 aliphatic carbocycles. The highest BCUT2D eigenvalue weighted by Gasteiger charge is 2.36. The first-order valence-corrected chi connectivity index (χ1v) is 13.8. The minimum Gasteiger partial charge on any atom is -0.444 e. The summed E-state index contributed by atoms with van der Waals surface area (Å²) >= 11 is 6.80.